The van der Waals surface area contributed by atoms with Gasteiger partial charge in [-0.05, 0) is 36.0 Å². The van der Waals surface area contributed by atoms with Crippen LogP contribution in [0.3, 0.4) is 0 Å². The lowest BCUT2D eigenvalue weighted by Gasteiger charge is -2.38. The maximum absolute atomic E-state index is 13.0. The number of rotatable bonds is 3. The molecule has 0 spiro atoms. The quantitative estimate of drug-likeness (QED) is 0.913. The average Bonchev–Trinajstić information content (AvgIpc) is 2.30. The van der Waals surface area contributed by atoms with E-state index < -0.39 is 12.0 Å². The maximum atomic E-state index is 13.0. The van der Waals surface area contributed by atoms with Gasteiger partial charge in [0.1, 0.15) is 11.9 Å². The fourth-order valence-electron chi connectivity index (χ4n) is 3.08. The largest absolute Gasteiger partial charge is 0.480 e. The molecule has 1 fully saturated rings. The van der Waals surface area contributed by atoms with Gasteiger partial charge in [-0.25, -0.2) is 4.39 Å². The summed E-state index contributed by atoms with van der Waals surface area (Å²) in [4.78, 5) is 13.6. The third kappa shape index (κ3) is 3.32. The van der Waals surface area contributed by atoms with E-state index in [0.717, 1.165) is 19.5 Å². The predicted octanol–water partition coefficient (Wildman–Crippen LogP) is 2.93. The summed E-state index contributed by atoms with van der Waals surface area (Å²) in [6.45, 7) is 5.84. The molecule has 19 heavy (non-hydrogen) atoms. The van der Waals surface area contributed by atoms with E-state index in [1.54, 1.807) is 12.1 Å². The predicted molar refractivity (Wildman–Crippen MR) is 71.3 cm³/mol. The van der Waals surface area contributed by atoms with Crippen molar-refractivity contribution < 1.29 is 14.3 Å². The second-order valence-electron chi connectivity index (χ2n) is 5.69. The van der Waals surface area contributed by atoms with Crippen molar-refractivity contribution in [1.82, 2.24) is 4.90 Å². The van der Waals surface area contributed by atoms with Crippen LogP contribution in [0.15, 0.2) is 24.3 Å². The monoisotopic (exact) mass is 265 g/mol. The van der Waals surface area contributed by atoms with Gasteiger partial charge in [-0.15, -0.1) is 0 Å². The molecule has 0 amide bonds. The highest BCUT2D eigenvalue weighted by Gasteiger charge is 2.32. The summed E-state index contributed by atoms with van der Waals surface area (Å²) in [5, 5.41) is 9.49. The van der Waals surface area contributed by atoms with Gasteiger partial charge in [0, 0.05) is 13.1 Å². The molecule has 3 unspecified atom stereocenters. The van der Waals surface area contributed by atoms with Crippen molar-refractivity contribution in [2.24, 2.45) is 11.8 Å². The highest BCUT2D eigenvalue weighted by Crippen LogP contribution is 2.29. The second kappa shape index (κ2) is 5.70. The van der Waals surface area contributed by atoms with Crippen molar-refractivity contribution in [3.05, 3.63) is 35.6 Å². The highest BCUT2D eigenvalue weighted by atomic mass is 19.1. The average molecular weight is 265 g/mol. The van der Waals surface area contributed by atoms with Crippen LogP contribution in [0.1, 0.15) is 31.9 Å². The SMILES string of the molecule is CC1CC(C)CN(C(C(=O)O)c2ccc(F)cc2)C1. The standard InChI is InChI=1S/C15H20FNO2/c1-10-7-11(2)9-17(8-10)14(15(18)19)12-3-5-13(16)6-4-12/h3-6,10-11,14H,7-9H2,1-2H3,(H,18,19). The molecule has 3 atom stereocenters. The van der Waals surface area contributed by atoms with Gasteiger partial charge in [0.15, 0.2) is 0 Å². The van der Waals surface area contributed by atoms with Gasteiger partial charge >= 0.3 is 5.97 Å². The minimum absolute atomic E-state index is 0.340. The third-order valence-corrected chi connectivity index (χ3v) is 3.68. The topological polar surface area (TPSA) is 40.5 Å². The number of carbonyl (C=O) groups is 1. The van der Waals surface area contributed by atoms with E-state index >= 15 is 0 Å². The number of carboxylic acids is 1. The molecule has 1 saturated heterocycles. The first-order valence-corrected chi connectivity index (χ1v) is 6.69. The van der Waals surface area contributed by atoms with Gasteiger partial charge in [0.25, 0.3) is 0 Å². The van der Waals surface area contributed by atoms with Crippen LogP contribution in [0.2, 0.25) is 0 Å². The van der Waals surface area contributed by atoms with Crippen LogP contribution in [-0.2, 0) is 4.79 Å². The van der Waals surface area contributed by atoms with E-state index in [0.29, 0.717) is 17.4 Å². The number of hydrogen-bond donors (Lipinski definition) is 1. The molecule has 3 nitrogen and oxygen atoms in total. The summed E-state index contributed by atoms with van der Waals surface area (Å²) >= 11 is 0. The smallest absolute Gasteiger partial charge is 0.325 e. The molecule has 1 aromatic rings. The summed E-state index contributed by atoms with van der Waals surface area (Å²) in [7, 11) is 0. The number of likely N-dealkylation sites (tertiary alicyclic amines) is 1. The minimum atomic E-state index is -0.868. The van der Waals surface area contributed by atoms with Gasteiger partial charge in [0.2, 0.25) is 0 Å². The maximum Gasteiger partial charge on any atom is 0.325 e. The third-order valence-electron chi connectivity index (χ3n) is 3.68. The van der Waals surface area contributed by atoms with Crippen LogP contribution in [0, 0.1) is 17.7 Å². The Balaban J connectivity index is 2.24. The number of benzene rings is 1. The summed E-state index contributed by atoms with van der Waals surface area (Å²) < 4.78 is 13.0. The zero-order valence-corrected chi connectivity index (χ0v) is 11.3. The van der Waals surface area contributed by atoms with Gasteiger partial charge in [-0.1, -0.05) is 26.0 Å². The van der Waals surface area contributed by atoms with E-state index in [2.05, 4.69) is 13.8 Å². The highest BCUT2D eigenvalue weighted by molar-refractivity contribution is 5.75. The molecule has 1 N–H and O–H groups in total. The molecule has 1 heterocycles. The number of piperidine rings is 1. The first-order valence-electron chi connectivity index (χ1n) is 6.69. The Morgan fingerprint density at radius 1 is 1.26 bits per heavy atom. The van der Waals surface area contributed by atoms with E-state index in [-0.39, 0.29) is 5.82 Å². The van der Waals surface area contributed by atoms with E-state index in [1.165, 1.54) is 12.1 Å². The lowest BCUT2D eigenvalue weighted by molar-refractivity contribution is -0.144. The summed E-state index contributed by atoms with van der Waals surface area (Å²) in [6, 6.07) is 5.10. The Hall–Kier alpha value is -1.42. The van der Waals surface area contributed by atoms with E-state index in [4.69, 9.17) is 0 Å². The number of halogens is 1. The normalized spacial score (nSPS) is 26.1. The fourth-order valence-corrected chi connectivity index (χ4v) is 3.08. The van der Waals surface area contributed by atoms with Gasteiger partial charge < -0.3 is 5.11 Å². The molecule has 4 heteroatoms. The van der Waals surface area contributed by atoms with Crippen molar-refractivity contribution >= 4 is 5.97 Å². The van der Waals surface area contributed by atoms with E-state index in [9.17, 15) is 14.3 Å². The summed E-state index contributed by atoms with van der Waals surface area (Å²) in [5.41, 5.74) is 0.648. The fraction of sp³-hybridized carbons (Fsp3) is 0.533. The number of nitrogens with zero attached hydrogens (tertiary/aromatic N) is 1. The van der Waals surface area contributed by atoms with Crippen LogP contribution in [0.4, 0.5) is 4.39 Å². The molecule has 0 aliphatic carbocycles. The van der Waals surface area contributed by atoms with Crippen LogP contribution < -0.4 is 0 Å². The van der Waals surface area contributed by atoms with E-state index in [1.807, 2.05) is 4.90 Å². The van der Waals surface area contributed by atoms with Gasteiger partial charge in [-0.3, -0.25) is 9.69 Å². The molecule has 0 radical (unpaired) electrons. The molecule has 1 aliphatic heterocycles. The van der Waals surface area contributed by atoms with Crippen molar-refractivity contribution in [2.75, 3.05) is 13.1 Å². The van der Waals surface area contributed by atoms with Crippen LogP contribution in [0.25, 0.3) is 0 Å². The van der Waals surface area contributed by atoms with Crippen LogP contribution >= 0.6 is 0 Å². The summed E-state index contributed by atoms with van der Waals surface area (Å²) in [5.74, 6) is -0.224. The molecule has 0 saturated carbocycles. The van der Waals surface area contributed by atoms with Crippen LogP contribution in [-0.4, -0.2) is 29.1 Å². The molecule has 1 aromatic carbocycles. The molecule has 1 aliphatic rings. The Kier molecular flexibility index (Phi) is 4.20. The van der Waals surface area contributed by atoms with Crippen LogP contribution in [0.5, 0.6) is 0 Å². The van der Waals surface area contributed by atoms with Crippen molar-refractivity contribution in [2.45, 2.75) is 26.3 Å². The molecule has 0 aromatic heterocycles. The zero-order chi connectivity index (χ0) is 14.0. The number of hydrogen-bond acceptors (Lipinski definition) is 2. The molecule has 104 valence electrons. The Bertz CT molecular complexity index is 436. The Labute approximate surface area is 113 Å². The number of aliphatic carboxylic acids is 1. The molecule has 2 rings (SSSR count). The van der Waals surface area contributed by atoms with Crippen molar-refractivity contribution in [3.8, 4) is 0 Å². The Morgan fingerprint density at radius 2 is 1.79 bits per heavy atom. The Morgan fingerprint density at radius 3 is 2.26 bits per heavy atom. The molecular weight excluding hydrogens is 245 g/mol. The second-order valence-corrected chi connectivity index (χ2v) is 5.69. The minimum Gasteiger partial charge on any atom is -0.480 e. The zero-order valence-electron chi connectivity index (χ0n) is 11.3. The molecule has 0 bridgehead atoms. The first-order chi connectivity index (χ1) is 8.97. The van der Waals surface area contributed by atoms with Gasteiger partial charge in [-0.2, -0.15) is 0 Å². The lowest BCUT2D eigenvalue weighted by atomic mass is 9.89. The summed E-state index contributed by atoms with van der Waals surface area (Å²) in [6.07, 6.45) is 1.13. The van der Waals surface area contributed by atoms with Crippen molar-refractivity contribution in [1.29, 1.82) is 0 Å². The number of carboxylic acid groups (broad SMARTS) is 1. The van der Waals surface area contributed by atoms with Gasteiger partial charge in [0.05, 0.1) is 0 Å². The first kappa shape index (κ1) is 14.0. The lowest BCUT2D eigenvalue weighted by Crippen LogP contribution is -2.43. The molecular formula is C15H20FNO2. The van der Waals surface area contributed by atoms with Crippen molar-refractivity contribution in [3.63, 3.8) is 0 Å².